The van der Waals surface area contributed by atoms with Gasteiger partial charge in [-0.15, -0.1) is 0 Å². The summed E-state index contributed by atoms with van der Waals surface area (Å²) in [5.74, 6) is -3.91. The molecule has 2 aromatic rings. The molecular formula is C15H12BrClF3N. The Balaban J connectivity index is 2.59. The second-order valence-electron chi connectivity index (χ2n) is 4.42. The van der Waals surface area contributed by atoms with Crippen molar-refractivity contribution < 1.29 is 13.2 Å². The first-order valence-corrected chi connectivity index (χ1v) is 7.44. The smallest absolute Gasteiger partial charge is 0.194 e. The topological polar surface area (TPSA) is 12.0 Å². The summed E-state index contributed by atoms with van der Waals surface area (Å²) in [5.41, 5.74) is 0.591. The quantitative estimate of drug-likeness (QED) is 0.719. The fraction of sp³-hybridized carbons (Fsp3) is 0.200. The molecule has 21 heavy (non-hydrogen) atoms. The van der Waals surface area contributed by atoms with Crippen LogP contribution in [-0.2, 0) is 0 Å². The standard InChI is InChI=1S/C15H12BrClF3N/c1-2-21-15(10-7-8(16)3-5-11(10)17)9-4-6-12(18)14(20)13(9)19/h3-7,15,21H,2H2,1H3. The molecule has 1 unspecified atom stereocenters. The third-order valence-corrected chi connectivity index (χ3v) is 3.89. The highest BCUT2D eigenvalue weighted by atomic mass is 79.9. The Morgan fingerprint density at radius 3 is 2.48 bits per heavy atom. The number of rotatable bonds is 4. The van der Waals surface area contributed by atoms with Crippen LogP contribution in [0.25, 0.3) is 0 Å². The van der Waals surface area contributed by atoms with Gasteiger partial charge in [-0.1, -0.05) is 40.5 Å². The summed E-state index contributed by atoms with van der Waals surface area (Å²) in [6, 6.07) is 6.58. The summed E-state index contributed by atoms with van der Waals surface area (Å²) in [6.45, 7) is 2.34. The van der Waals surface area contributed by atoms with Gasteiger partial charge in [0.05, 0.1) is 6.04 Å². The van der Waals surface area contributed by atoms with E-state index in [1.807, 2.05) is 6.92 Å². The lowest BCUT2D eigenvalue weighted by Crippen LogP contribution is -2.24. The fourth-order valence-electron chi connectivity index (χ4n) is 2.09. The predicted octanol–water partition coefficient (Wildman–Crippen LogP) is 5.22. The third-order valence-electron chi connectivity index (χ3n) is 3.05. The number of benzene rings is 2. The molecule has 6 heteroatoms. The van der Waals surface area contributed by atoms with Crippen LogP contribution in [-0.4, -0.2) is 6.54 Å². The minimum Gasteiger partial charge on any atom is -0.306 e. The summed E-state index contributed by atoms with van der Waals surface area (Å²) < 4.78 is 41.4. The van der Waals surface area contributed by atoms with Gasteiger partial charge in [0.2, 0.25) is 0 Å². The average molecular weight is 379 g/mol. The predicted molar refractivity (Wildman–Crippen MR) is 81.0 cm³/mol. The van der Waals surface area contributed by atoms with E-state index >= 15 is 0 Å². The van der Waals surface area contributed by atoms with E-state index < -0.39 is 23.5 Å². The van der Waals surface area contributed by atoms with Crippen LogP contribution in [0.2, 0.25) is 5.02 Å². The zero-order valence-corrected chi connectivity index (χ0v) is 13.4. The van der Waals surface area contributed by atoms with Gasteiger partial charge in [-0.2, -0.15) is 0 Å². The van der Waals surface area contributed by atoms with Crippen molar-refractivity contribution in [2.24, 2.45) is 0 Å². The van der Waals surface area contributed by atoms with Crippen LogP contribution in [0, 0.1) is 17.5 Å². The molecule has 0 aliphatic carbocycles. The van der Waals surface area contributed by atoms with Crippen LogP contribution in [0.15, 0.2) is 34.8 Å². The molecule has 1 nitrogen and oxygen atoms in total. The highest BCUT2D eigenvalue weighted by Gasteiger charge is 2.23. The lowest BCUT2D eigenvalue weighted by Gasteiger charge is -2.21. The van der Waals surface area contributed by atoms with Gasteiger partial charge in [0.25, 0.3) is 0 Å². The molecule has 112 valence electrons. The van der Waals surface area contributed by atoms with Gasteiger partial charge in [0, 0.05) is 15.1 Å². The van der Waals surface area contributed by atoms with Crippen LogP contribution in [0.3, 0.4) is 0 Å². The van der Waals surface area contributed by atoms with Crippen LogP contribution >= 0.6 is 27.5 Å². The SMILES string of the molecule is CCNC(c1cc(Br)ccc1Cl)c1ccc(F)c(F)c1F. The molecule has 1 atom stereocenters. The molecular weight excluding hydrogens is 367 g/mol. The first kappa shape index (κ1) is 16.3. The maximum absolute atomic E-state index is 14.0. The molecule has 0 radical (unpaired) electrons. The summed E-state index contributed by atoms with van der Waals surface area (Å²) in [7, 11) is 0. The zero-order chi connectivity index (χ0) is 15.6. The summed E-state index contributed by atoms with van der Waals surface area (Å²) in [4.78, 5) is 0. The Morgan fingerprint density at radius 2 is 1.81 bits per heavy atom. The van der Waals surface area contributed by atoms with Crippen molar-refractivity contribution >= 4 is 27.5 Å². The minimum atomic E-state index is -1.48. The van der Waals surface area contributed by atoms with E-state index in [1.54, 1.807) is 18.2 Å². The summed E-state index contributed by atoms with van der Waals surface area (Å²) in [5, 5.41) is 3.45. The minimum absolute atomic E-state index is 0.00995. The van der Waals surface area contributed by atoms with Crippen LogP contribution < -0.4 is 5.32 Å². The van der Waals surface area contributed by atoms with Gasteiger partial charge in [-0.3, -0.25) is 0 Å². The average Bonchev–Trinajstić information content (AvgIpc) is 2.46. The van der Waals surface area contributed by atoms with Crippen LogP contribution in [0.4, 0.5) is 13.2 Å². The first-order valence-electron chi connectivity index (χ1n) is 6.27. The van der Waals surface area contributed by atoms with E-state index in [2.05, 4.69) is 21.2 Å². The van der Waals surface area contributed by atoms with Gasteiger partial charge in [-0.05, 0) is 36.4 Å². The fourth-order valence-corrected chi connectivity index (χ4v) is 2.70. The number of hydrogen-bond donors (Lipinski definition) is 1. The molecule has 0 amide bonds. The number of nitrogens with one attached hydrogen (secondary N) is 1. The number of halogens is 5. The summed E-state index contributed by atoms with van der Waals surface area (Å²) >= 11 is 9.47. The van der Waals surface area contributed by atoms with Crippen molar-refractivity contribution in [3.63, 3.8) is 0 Å². The van der Waals surface area contributed by atoms with Crippen molar-refractivity contribution in [3.05, 3.63) is 68.4 Å². The lowest BCUT2D eigenvalue weighted by molar-refractivity contribution is 0.433. The monoisotopic (exact) mass is 377 g/mol. The molecule has 2 aromatic carbocycles. The van der Waals surface area contributed by atoms with Gasteiger partial charge in [0.1, 0.15) is 0 Å². The van der Waals surface area contributed by atoms with E-state index in [9.17, 15) is 13.2 Å². The molecule has 0 saturated carbocycles. The van der Waals surface area contributed by atoms with Crippen molar-refractivity contribution in [1.82, 2.24) is 5.32 Å². The lowest BCUT2D eigenvalue weighted by atomic mass is 9.97. The molecule has 0 saturated heterocycles. The molecule has 1 N–H and O–H groups in total. The van der Waals surface area contributed by atoms with Crippen molar-refractivity contribution in [3.8, 4) is 0 Å². The maximum atomic E-state index is 14.0. The van der Waals surface area contributed by atoms with E-state index in [0.717, 1.165) is 10.5 Å². The van der Waals surface area contributed by atoms with Crippen molar-refractivity contribution in [2.75, 3.05) is 6.54 Å². The van der Waals surface area contributed by atoms with Crippen molar-refractivity contribution in [2.45, 2.75) is 13.0 Å². The van der Waals surface area contributed by atoms with E-state index in [0.29, 0.717) is 17.1 Å². The molecule has 0 spiro atoms. The van der Waals surface area contributed by atoms with E-state index in [1.165, 1.54) is 6.07 Å². The van der Waals surface area contributed by atoms with Crippen LogP contribution in [0.5, 0.6) is 0 Å². The Bertz CT molecular complexity index is 664. The molecule has 0 aliphatic rings. The second kappa shape index (κ2) is 6.81. The van der Waals surface area contributed by atoms with Gasteiger partial charge < -0.3 is 5.32 Å². The zero-order valence-electron chi connectivity index (χ0n) is 11.1. The third kappa shape index (κ3) is 3.42. The number of hydrogen-bond acceptors (Lipinski definition) is 1. The Labute approximate surface area is 134 Å². The molecule has 0 fully saturated rings. The summed E-state index contributed by atoms with van der Waals surface area (Å²) in [6.07, 6.45) is 0. The Morgan fingerprint density at radius 1 is 1.10 bits per heavy atom. The second-order valence-corrected chi connectivity index (χ2v) is 5.74. The largest absolute Gasteiger partial charge is 0.306 e. The molecule has 0 bridgehead atoms. The van der Waals surface area contributed by atoms with E-state index in [4.69, 9.17) is 11.6 Å². The van der Waals surface area contributed by atoms with Gasteiger partial charge >= 0.3 is 0 Å². The van der Waals surface area contributed by atoms with Gasteiger partial charge in [-0.25, -0.2) is 13.2 Å². The maximum Gasteiger partial charge on any atom is 0.194 e. The van der Waals surface area contributed by atoms with Crippen LogP contribution in [0.1, 0.15) is 24.1 Å². The van der Waals surface area contributed by atoms with E-state index in [-0.39, 0.29) is 5.56 Å². The highest BCUT2D eigenvalue weighted by Crippen LogP contribution is 2.33. The molecule has 0 aromatic heterocycles. The molecule has 0 aliphatic heterocycles. The highest BCUT2D eigenvalue weighted by molar-refractivity contribution is 9.10. The Kier molecular flexibility index (Phi) is 5.30. The van der Waals surface area contributed by atoms with Gasteiger partial charge in [0.15, 0.2) is 17.5 Å². The Hall–Kier alpha value is -1.04. The normalized spacial score (nSPS) is 12.5. The molecule has 0 heterocycles. The molecule has 2 rings (SSSR count). The van der Waals surface area contributed by atoms with Crippen molar-refractivity contribution in [1.29, 1.82) is 0 Å². The first-order chi connectivity index (χ1) is 9.95.